The van der Waals surface area contributed by atoms with Gasteiger partial charge in [0.1, 0.15) is 6.10 Å². The van der Waals surface area contributed by atoms with E-state index < -0.39 is 0 Å². The molecule has 0 spiro atoms. The van der Waals surface area contributed by atoms with Crippen LogP contribution in [0.2, 0.25) is 0 Å². The van der Waals surface area contributed by atoms with E-state index in [0.29, 0.717) is 36.3 Å². The summed E-state index contributed by atoms with van der Waals surface area (Å²) in [5, 5.41) is 0. The van der Waals surface area contributed by atoms with Crippen molar-refractivity contribution in [2.24, 2.45) is 17.3 Å². The molecule has 2 saturated carbocycles. The van der Waals surface area contributed by atoms with Crippen LogP contribution in [0.15, 0.2) is 0 Å². The van der Waals surface area contributed by atoms with Gasteiger partial charge in [0.15, 0.2) is 0 Å². The van der Waals surface area contributed by atoms with Crippen LogP contribution in [-0.4, -0.2) is 36.5 Å². The maximum Gasteiger partial charge on any atom is 0.312 e. The van der Waals surface area contributed by atoms with Crippen molar-refractivity contribution in [3.05, 3.63) is 0 Å². The van der Waals surface area contributed by atoms with Crippen LogP contribution in [0.1, 0.15) is 46.5 Å². The van der Waals surface area contributed by atoms with Gasteiger partial charge >= 0.3 is 5.97 Å². The van der Waals surface area contributed by atoms with Crippen molar-refractivity contribution in [1.82, 2.24) is 0 Å². The van der Waals surface area contributed by atoms with Crippen LogP contribution in [-0.2, 0) is 19.0 Å². The Kier molecular flexibility index (Phi) is 2.75. The normalized spacial score (nSPS) is 56.5. The van der Waals surface area contributed by atoms with Crippen molar-refractivity contribution in [1.29, 1.82) is 0 Å². The summed E-state index contributed by atoms with van der Waals surface area (Å²) < 4.78 is 17.1. The van der Waals surface area contributed by atoms with E-state index in [9.17, 15) is 4.79 Å². The monoisotopic (exact) mass is 280 g/mol. The summed E-state index contributed by atoms with van der Waals surface area (Å²) in [7, 11) is 0. The van der Waals surface area contributed by atoms with Crippen molar-refractivity contribution in [2.45, 2.75) is 77.0 Å². The van der Waals surface area contributed by atoms with E-state index in [4.69, 9.17) is 14.2 Å². The van der Waals surface area contributed by atoms with E-state index in [-0.39, 0.29) is 17.5 Å². The Bertz CT molecular complexity index is 436. The highest BCUT2D eigenvalue weighted by molar-refractivity contribution is 5.77. The number of hydrogen-bond acceptors (Lipinski definition) is 4. The Hall–Kier alpha value is -0.610. The molecule has 0 aromatic rings. The molecule has 0 N–H and O–H groups in total. The minimum Gasteiger partial charge on any atom is -0.462 e. The van der Waals surface area contributed by atoms with E-state index >= 15 is 0 Å². The number of esters is 1. The summed E-state index contributed by atoms with van der Waals surface area (Å²) in [6, 6.07) is 0. The zero-order valence-corrected chi connectivity index (χ0v) is 12.5. The molecule has 4 rings (SSSR count). The maximum absolute atomic E-state index is 12.7. The van der Waals surface area contributed by atoms with Crippen molar-refractivity contribution in [3.8, 4) is 0 Å². The molecule has 0 aromatic heterocycles. The molecule has 4 aliphatic rings. The van der Waals surface area contributed by atoms with Crippen molar-refractivity contribution >= 4 is 5.97 Å². The van der Waals surface area contributed by atoms with Gasteiger partial charge in [0, 0.05) is 6.42 Å². The Morgan fingerprint density at radius 2 is 1.70 bits per heavy atom. The molecule has 112 valence electrons. The molecule has 20 heavy (non-hydrogen) atoms. The zero-order chi connectivity index (χ0) is 14.1. The zero-order valence-electron chi connectivity index (χ0n) is 12.5. The Labute approximate surface area is 120 Å². The average Bonchev–Trinajstić information content (AvgIpc) is 3.26. The largest absolute Gasteiger partial charge is 0.462 e. The average molecular weight is 280 g/mol. The van der Waals surface area contributed by atoms with Crippen LogP contribution >= 0.6 is 0 Å². The van der Waals surface area contributed by atoms with Crippen molar-refractivity contribution < 1.29 is 19.0 Å². The number of fused-ring (bicyclic) bond motifs is 2. The highest BCUT2D eigenvalue weighted by Gasteiger charge is 2.57. The first-order valence-corrected chi connectivity index (χ1v) is 7.99. The summed E-state index contributed by atoms with van der Waals surface area (Å²) in [5.74, 6) is 0.729. The van der Waals surface area contributed by atoms with Crippen LogP contribution in [0, 0.1) is 17.3 Å². The fraction of sp³-hybridized carbons (Fsp3) is 0.938. The van der Waals surface area contributed by atoms with Crippen LogP contribution in [0.25, 0.3) is 0 Å². The predicted octanol–water partition coefficient (Wildman–Crippen LogP) is 2.30. The van der Waals surface area contributed by atoms with E-state index in [0.717, 1.165) is 25.7 Å². The van der Waals surface area contributed by atoms with Gasteiger partial charge in [-0.25, -0.2) is 0 Å². The second-order valence-corrected chi connectivity index (χ2v) is 7.58. The lowest BCUT2D eigenvalue weighted by Crippen LogP contribution is -2.44. The molecule has 2 heterocycles. The van der Waals surface area contributed by atoms with Gasteiger partial charge in [-0.15, -0.1) is 0 Å². The summed E-state index contributed by atoms with van der Waals surface area (Å²) in [6.45, 7) is 6.38. The van der Waals surface area contributed by atoms with Gasteiger partial charge in [-0.05, 0) is 38.0 Å². The summed E-state index contributed by atoms with van der Waals surface area (Å²) in [6.07, 6.45) is 5.23. The van der Waals surface area contributed by atoms with Crippen LogP contribution in [0.5, 0.6) is 0 Å². The standard InChI is InChI=1S/C16H24O4/c1-8-4-11-13(18-11)6-10(8)20-15(17)16(3)7-14-12(19-14)5-9(16)2/h8-14H,4-7H2,1-3H3. The molecule has 8 atom stereocenters. The summed E-state index contributed by atoms with van der Waals surface area (Å²) in [4.78, 5) is 12.7. The summed E-state index contributed by atoms with van der Waals surface area (Å²) >= 11 is 0. The molecule has 8 unspecified atom stereocenters. The Morgan fingerprint density at radius 3 is 2.50 bits per heavy atom. The lowest BCUT2D eigenvalue weighted by atomic mass is 9.68. The number of ether oxygens (including phenoxy) is 3. The fourth-order valence-electron chi connectivity index (χ4n) is 4.09. The van der Waals surface area contributed by atoms with E-state index in [1.807, 2.05) is 0 Å². The lowest BCUT2D eigenvalue weighted by Gasteiger charge is -2.37. The van der Waals surface area contributed by atoms with Crippen LogP contribution in [0.3, 0.4) is 0 Å². The third kappa shape index (κ3) is 2.00. The molecule has 0 amide bonds. The smallest absolute Gasteiger partial charge is 0.312 e. The number of hydrogen-bond donors (Lipinski definition) is 0. The second kappa shape index (κ2) is 4.20. The predicted molar refractivity (Wildman–Crippen MR) is 72.1 cm³/mol. The van der Waals surface area contributed by atoms with Crippen molar-refractivity contribution in [2.75, 3.05) is 0 Å². The molecule has 2 aliphatic carbocycles. The van der Waals surface area contributed by atoms with Gasteiger partial charge < -0.3 is 14.2 Å². The van der Waals surface area contributed by atoms with E-state index in [1.54, 1.807) is 0 Å². The number of carbonyl (C=O) groups is 1. The minimum atomic E-state index is -0.376. The van der Waals surface area contributed by atoms with Gasteiger partial charge in [0.05, 0.1) is 29.8 Å². The maximum atomic E-state index is 12.7. The molecule has 2 aliphatic heterocycles. The number of rotatable bonds is 2. The minimum absolute atomic E-state index is 0.0186. The Balaban J connectivity index is 1.43. The molecule has 0 aromatic carbocycles. The third-order valence-electron chi connectivity index (χ3n) is 6.10. The summed E-state index contributed by atoms with van der Waals surface area (Å²) in [5.41, 5.74) is -0.376. The van der Waals surface area contributed by atoms with Gasteiger partial charge in [-0.2, -0.15) is 0 Å². The molecule has 0 bridgehead atoms. The molecular formula is C16H24O4. The number of carbonyl (C=O) groups excluding carboxylic acids is 1. The van der Waals surface area contributed by atoms with Crippen LogP contribution in [0.4, 0.5) is 0 Å². The third-order valence-corrected chi connectivity index (χ3v) is 6.10. The molecule has 4 fully saturated rings. The SMILES string of the molecule is CC1CC2OC2CC1OC(=O)C1(C)CC2OC2CC1C. The van der Waals surface area contributed by atoms with Gasteiger partial charge in [-0.1, -0.05) is 13.8 Å². The number of epoxide rings is 2. The van der Waals surface area contributed by atoms with Crippen molar-refractivity contribution in [3.63, 3.8) is 0 Å². The first-order valence-electron chi connectivity index (χ1n) is 7.99. The van der Waals surface area contributed by atoms with E-state index in [1.165, 1.54) is 0 Å². The first-order chi connectivity index (χ1) is 9.47. The lowest BCUT2D eigenvalue weighted by molar-refractivity contribution is -0.169. The highest BCUT2D eigenvalue weighted by atomic mass is 16.6. The topological polar surface area (TPSA) is 51.4 Å². The van der Waals surface area contributed by atoms with E-state index in [2.05, 4.69) is 20.8 Å². The molecule has 4 nitrogen and oxygen atoms in total. The fourth-order valence-corrected chi connectivity index (χ4v) is 4.09. The Morgan fingerprint density at radius 1 is 1.05 bits per heavy atom. The first kappa shape index (κ1) is 13.1. The molecular weight excluding hydrogens is 256 g/mol. The van der Waals surface area contributed by atoms with Gasteiger partial charge in [0.2, 0.25) is 0 Å². The molecule has 4 heteroatoms. The quantitative estimate of drug-likeness (QED) is 0.575. The molecule has 0 radical (unpaired) electrons. The highest BCUT2D eigenvalue weighted by Crippen LogP contribution is 2.51. The second-order valence-electron chi connectivity index (χ2n) is 7.58. The van der Waals surface area contributed by atoms with Gasteiger partial charge in [-0.3, -0.25) is 4.79 Å². The van der Waals surface area contributed by atoms with Gasteiger partial charge in [0.25, 0.3) is 0 Å². The molecule has 2 saturated heterocycles. The van der Waals surface area contributed by atoms with Crippen LogP contribution < -0.4 is 0 Å².